The second kappa shape index (κ2) is 5.99. The highest BCUT2D eigenvalue weighted by Crippen LogP contribution is 2.30. The van der Waals surface area contributed by atoms with Gasteiger partial charge in [-0.15, -0.1) is 11.3 Å². The molecule has 0 fully saturated rings. The first-order valence-corrected chi connectivity index (χ1v) is 8.37. The Morgan fingerprint density at radius 1 is 1.24 bits per heavy atom. The standard InChI is InChI=1S/C15H15BrN4S/c1-3-17-15-19-13(11-6-7-21-14(11)20-15)18-12-8-10(16)5-4-9(12)2/h4-8H,3H2,1-2H3,(H2,17,18,19,20). The highest BCUT2D eigenvalue weighted by molar-refractivity contribution is 9.10. The predicted molar refractivity (Wildman–Crippen MR) is 93.7 cm³/mol. The molecule has 3 rings (SSSR count). The van der Waals surface area contributed by atoms with Crippen LogP contribution in [0.3, 0.4) is 0 Å². The third kappa shape index (κ3) is 3.01. The van der Waals surface area contributed by atoms with Crippen molar-refractivity contribution in [1.29, 1.82) is 0 Å². The van der Waals surface area contributed by atoms with Gasteiger partial charge in [-0.1, -0.05) is 22.0 Å². The summed E-state index contributed by atoms with van der Waals surface area (Å²) < 4.78 is 1.04. The molecule has 0 saturated heterocycles. The van der Waals surface area contributed by atoms with Crippen LogP contribution < -0.4 is 10.6 Å². The molecule has 0 saturated carbocycles. The molecule has 0 aliphatic rings. The van der Waals surface area contributed by atoms with Crippen molar-refractivity contribution in [1.82, 2.24) is 9.97 Å². The summed E-state index contributed by atoms with van der Waals surface area (Å²) in [5.41, 5.74) is 2.21. The Morgan fingerprint density at radius 2 is 2.10 bits per heavy atom. The molecule has 4 nitrogen and oxygen atoms in total. The first-order chi connectivity index (χ1) is 10.2. The average Bonchev–Trinajstić information content (AvgIpc) is 2.92. The van der Waals surface area contributed by atoms with Gasteiger partial charge in [0.25, 0.3) is 0 Å². The molecule has 21 heavy (non-hydrogen) atoms. The van der Waals surface area contributed by atoms with Crippen LogP contribution in [0.15, 0.2) is 34.1 Å². The van der Waals surface area contributed by atoms with Crippen LogP contribution in [0.5, 0.6) is 0 Å². The molecule has 2 N–H and O–H groups in total. The van der Waals surface area contributed by atoms with Gasteiger partial charge in [0.15, 0.2) is 0 Å². The van der Waals surface area contributed by atoms with Crippen LogP contribution in [0.4, 0.5) is 17.5 Å². The maximum atomic E-state index is 4.59. The number of aromatic nitrogens is 2. The molecule has 108 valence electrons. The highest BCUT2D eigenvalue weighted by Gasteiger charge is 2.10. The second-order valence-corrected chi connectivity index (χ2v) is 6.46. The van der Waals surface area contributed by atoms with E-state index in [0.29, 0.717) is 5.95 Å². The van der Waals surface area contributed by atoms with E-state index < -0.39 is 0 Å². The Bertz CT molecular complexity index is 784. The van der Waals surface area contributed by atoms with Gasteiger partial charge in [0.05, 0.1) is 5.39 Å². The minimum Gasteiger partial charge on any atom is -0.354 e. The van der Waals surface area contributed by atoms with Gasteiger partial charge in [-0.05, 0) is 43.0 Å². The molecule has 3 aromatic rings. The fourth-order valence-corrected chi connectivity index (χ4v) is 3.17. The minimum atomic E-state index is 0.655. The lowest BCUT2D eigenvalue weighted by Crippen LogP contribution is -2.04. The van der Waals surface area contributed by atoms with E-state index in [1.807, 2.05) is 24.4 Å². The van der Waals surface area contributed by atoms with Gasteiger partial charge in [0.1, 0.15) is 10.6 Å². The number of hydrogen-bond donors (Lipinski definition) is 2. The molecule has 2 aromatic heterocycles. The third-order valence-corrected chi connectivity index (χ3v) is 4.41. The maximum Gasteiger partial charge on any atom is 0.226 e. The molecule has 2 heterocycles. The van der Waals surface area contributed by atoms with E-state index in [0.717, 1.165) is 32.7 Å². The van der Waals surface area contributed by atoms with E-state index in [4.69, 9.17) is 0 Å². The van der Waals surface area contributed by atoms with Crippen molar-refractivity contribution in [3.05, 3.63) is 39.7 Å². The van der Waals surface area contributed by atoms with Crippen LogP contribution in [0, 0.1) is 6.92 Å². The first-order valence-electron chi connectivity index (χ1n) is 6.69. The number of anilines is 3. The lowest BCUT2D eigenvalue weighted by Gasteiger charge is -2.11. The number of nitrogens with one attached hydrogen (secondary N) is 2. The number of halogens is 1. The zero-order chi connectivity index (χ0) is 14.8. The number of benzene rings is 1. The van der Waals surface area contributed by atoms with Crippen molar-refractivity contribution in [2.75, 3.05) is 17.2 Å². The number of rotatable bonds is 4. The molecule has 0 aliphatic heterocycles. The average molecular weight is 363 g/mol. The topological polar surface area (TPSA) is 49.8 Å². The summed E-state index contributed by atoms with van der Waals surface area (Å²) in [4.78, 5) is 10.1. The summed E-state index contributed by atoms with van der Waals surface area (Å²) in [6.07, 6.45) is 0. The van der Waals surface area contributed by atoms with Crippen molar-refractivity contribution < 1.29 is 0 Å². The molecule has 0 unspecified atom stereocenters. The Labute approximate surface area is 135 Å². The third-order valence-electron chi connectivity index (χ3n) is 3.11. The normalized spacial score (nSPS) is 10.8. The van der Waals surface area contributed by atoms with E-state index in [9.17, 15) is 0 Å². The molecule has 0 spiro atoms. The van der Waals surface area contributed by atoms with Crippen molar-refractivity contribution in [3.63, 3.8) is 0 Å². The Morgan fingerprint density at radius 3 is 2.90 bits per heavy atom. The van der Waals surface area contributed by atoms with Gasteiger partial charge >= 0.3 is 0 Å². The summed E-state index contributed by atoms with van der Waals surface area (Å²) in [5.74, 6) is 1.49. The SMILES string of the molecule is CCNc1nc(Nc2cc(Br)ccc2C)c2ccsc2n1. The van der Waals surface area contributed by atoms with Crippen LogP contribution in [0.2, 0.25) is 0 Å². The van der Waals surface area contributed by atoms with Crippen LogP contribution in [0.25, 0.3) is 10.2 Å². The molecule has 0 amide bonds. The quantitative estimate of drug-likeness (QED) is 0.690. The molecule has 1 aromatic carbocycles. The van der Waals surface area contributed by atoms with Crippen molar-refractivity contribution in [3.8, 4) is 0 Å². The lowest BCUT2D eigenvalue weighted by atomic mass is 10.2. The molecule has 0 radical (unpaired) electrons. The van der Waals surface area contributed by atoms with Gasteiger partial charge in [-0.25, -0.2) is 4.98 Å². The number of aryl methyl sites for hydroxylation is 1. The number of fused-ring (bicyclic) bond motifs is 1. The fourth-order valence-electron chi connectivity index (χ4n) is 2.04. The molecule has 0 bridgehead atoms. The Kier molecular flexibility index (Phi) is 4.07. The number of hydrogen-bond acceptors (Lipinski definition) is 5. The predicted octanol–water partition coefficient (Wildman–Crippen LogP) is 4.94. The monoisotopic (exact) mass is 362 g/mol. The first kappa shape index (κ1) is 14.3. The van der Waals surface area contributed by atoms with E-state index in [1.165, 1.54) is 5.56 Å². The highest BCUT2D eigenvalue weighted by atomic mass is 79.9. The van der Waals surface area contributed by atoms with Crippen LogP contribution in [0.1, 0.15) is 12.5 Å². The lowest BCUT2D eigenvalue weighted by molar-refractivity contribution is 1.11. The van der Waals surface area contributed by atoms with Gasteiger partial charge in [-0.2, -0.15) is 4.98 Å². The maximum absolute atomic E-state index is 4.59. The minimum absolute atomic E-state index is 0.655. The van der Waals surface area contributed by atoms with E-state index in [-0.39, 0.29) is 0 Å². The molecule has 6 heteroatoms. The van der Waals surface area contributed by atoms with Crippen molar-refractivity contribution in [2.24, 2.45) is 0 Å². The molecular formula is C15H15BrN4S. The van der Waals surface area contributed by atoms with Gasteiger partial charge in [0, 0.05) is 16.7 Å². The van der Waals surface area contributed by atoms with Crippen molar-refractivity contribution >= 4 is 54.9 Å². The van der Waals surface area contributed by atoms with Gasteiger partial charge in [0.2, 0.25) is 5.95 Å². The summed E-state index contributed by atoms with van der Waals surface area (Å²) in [6, 6.07) is 8.21. The summed E-state index contributed by atoms with van der Waals surface area (Å²) in [5, 5.41) is 9.68. The van der Waals surface area contributed by atoms with Crippen LogP contribution >= 0.6 is 27.3 Å². The largest absolute Gasteiger partial charge is 0.354 e. The smallest absolute Gasteiger partial charge is 0.226 e. The van der Waals surface area contributed by atoms with Crippen molar-refractivity contribution in [2.45, 2.75) is 13.8 Å². The molecular weight excluding hydrogens is 348 g/mol. The fraction of sp³-hybridized carbons (Fsp3) is 0.200. The Balaban J connectivity index is 2.06. The van der Waals surface area contributed by atoms with E-state index >= 15 is 0 Å². The van der Waals surface area contributed by atoms with E-state index in [1.54, 1.807) is 11.3 Å². The van der Waals surface area contributed by atoms with E-state index in [2.05, 4.69) is 55.6 Å². The zero-order valence-corrected chi connectivity index (χ0v) is 14.2. The number of nitrogens with zero attached hydrogens (tertiary/aromatic N) is 2. The summed E-state index contributed by atoms with van der Waals surface area (Å²) >= 11 is 5.13. The van der Waals surface area contributed by atoms with Crippen LogP contribution in [-0.2, 0) is 0 Å². The van der Waals surface area contributed by atoms with Crippen LogP contribution in [-0.4, -0.2) is 16.5 Å². The van der Waals surface area contributed by atoms with Gasteiger partial charge < -0.3 is 10.6 Å². The summed E-state index contributed by atoms with van der Waals surface area (Å²) in [7, 11) is 0. The Hall–Kier alpha value is -1.66. The summed E-state index contributed by atoms with van der Waals surface area (Å²) in [6.45, 7) is 4.91. The van der Waals surface area contributed by atoms with Gasteiger partial charge in [-0.3, -0.25) is 0 Å². The second-order valence-electron chi connectivity index (χ2n) is 4.65. The molecule has 0 aliphatic carbocycles. The zero-order valence-electron chi connectivity index (χ0n) is 11.8. The number of thiophene rings is 1. The molecule has 0 atom stereocenters.